The summed E-state index contributed by atoms with van der Waals surface area (Å²) in [4.78, 5) is 23.7. The summed E-state index contributed by atoms with van der Waals surface area (Å²) in [7, 11) is 1.27. The Labute approximate surface area is 123 Å². The van der Waals surface area contributed by atoms with Gasteiger partial charge in [-0.3, -0.25) is 9.59 Å². The summed E-state index contributed by atoms with van der Waals surface area (Å²) in [6, 6.07) is 13.8. The van der Waals surface area contributed by atoms with Crippen molar-refractivity contribution in [3.8, 4) is 0 Å². The van der Waals surface area contributed by atoms with Gasteiger partial charge in [-0.25, -0.2) is 0 Å². The normalized spacial score (nSPS) is 11.9. The molecule has 0 bridgehead atoms. The lowest BCUT2D eigenvalue weighted by molar-refractivity contribution is -0.160. The van der Waals surface area contributed by atoms with Gasteiger partial charge in [0, 0.05) is 0 Å². The number of carbonyl (C=O) groups excluding carboxylic acids is 2. The molecule has 0 aliphatic carbocycles. The molecule has 0 aliphatic heterocycles. The van der Waals surface area contributed by atoms with E-state index in [0.717, 1.165) is 16.3 Å². The number of esters is 2. The van der Waals surface area contributed by atoms with Crippen molar-refractivity contribution in [2.24, 2.45) is 5.92 Å². The molecule has 0 heterocycles. The van der Waals surface area contributed by atoms with Crippen LogP contribution in [0.5, 0.6) is 0 Å². The lowest BCUT2D eigenvalue weighted by atomic mass is 9.97. The molecule has 2 rings (SSSR count). The Hall–Kier alpha value is -2.36. The maximum Gasteiger partial charge on any atom is 0.320 e. The van der Waals surface area contributed by atoms with Crippen LogP contribution >= 0.6 is 0 Å². The molecule has 0 radical (unpaired) electrons. The number of carbonyl (C=O) groups is 2. The number of rotatable bonds is 5. The Morgan fingerprint density at radius 3 is 2.43 bits per heavy atom. The number of fused-ring (bicyclic) bond motifs is 1. The second kappa shape index (κ2) is 6.88. The van der Waals surface area contributed by atoms with Crippen LogP contribution in [0.4, 0.5) is 0 Å². The molecule has 0 fully saturated rings. The van der Waals surface area contributed by atoms with Crippen LogP contribution in [0.2, 0.25) is 0 Å². The van der Waals surface area contributed by atoms with Gasteiger partial charge < -0.3 is 9.47 Å². The lowest BCUT2D eigenvalue weighted by Crippen LogP contribution is -2.29. The number of methoxy groups -OCH3 is 1. The first-order chi connectivity index (χ1) is 10.2. The minimum absolute atomic E-state index is 0.240. The van der Waals surface area contributed by atoms with Crippen molar-refractivity contribution >= 4 is 22.7 Å². The summed E-state index contributed by atoms with van der Waals surface area (Å²) in [6.07, 6.45) is 0.274. The molecule has 21 heavy (non-hydrogen) atoms. The van der Waals surface area contributed by atoms with E-state index in [0.29, 0.717) is 0 Å². The van der Waals surface area contributed by atoms with E-state index in [-0.39, 0.29) is 13.0 Å². The second-order valence-corrected chi connectivity index (χ2v) is 4.71. The van der Waals surface area contributed by atoms with Gasteiger partial charge in [0.2, 0.25) is 0 Å². The molecule has 4 nitrogen and oxygen atoms in total. The molecular weight excluding hydrogens is 268 g/mol. The Balaban J connectivity index is 2.25. The molecule has 1 unspecified atom stereocenters. The number of benzene rings is 2. The van der Waals surface area contributed by atoms with Gasteiger partial charge in [0.25, 0.3) is 0 Å². The predicted octanol–water partition coefficient (Wildman–Crippen LogP) is 2.73. The van der Waals surface area contributed by atoms with Crippen LogP contribution in [0.25, 0.3) is 10.8 Å². The summed E-state index contributed by atoms with van der Waals surface area (Å²) in [5.41, 5.74) is 0.900. The highest BCUT2D eigenvalue weighted by molar-refractivity contribution is 5.95. The van der Waals surface area contributed by atoms with E-state index in [4.69, 9.17) is 9.47 Å². The molecule has 0 saturated carbocycles. The molecule has 2 aromatic carbocycles. The van der Waals surface area contributed by atoms with E-state index in [9.17, 15) is 9.59 Å². The molecule has 2 aromatic rings. The third kappa shape index (κ3) is 3.60. The van der Waals surface area contributed by atoms with Crippen molar-refractivity contribution in [1.82, 2.24) is 0 Å². The zero-order chi connectivity index (χ0) is 15.2. The highest BCUT2D eigenvalue weighted by Crippen LogP contribution is 2.19. The quantitative estimate of drug-likeness (QED) is 0.626. The first-order valence-corrected chi connectivity index (χ1v) is 6.88. The monoisotopic (exact) mass is 286 g/mol. The van der Waals surface area contributed by atoms with E-state index in [1.165, 1.54) is 7.11 Å². The van der Waals surface area contributed by atoms with E-state index >= 15 is 0 Å². The van der Waals surface area contributed by atoms with Gasteiger partial charge in [0.05, 0.1) is 13.7 Å². The van der Waals surface area contributed by atoms with Crippen molar-refractivity contribution < 1.29 is 19.1 Å². The van der Waals surface area contributed by atoms with Gasteiger partial charge in [0.15, 0.2) is 5.92 Å². The standard InChI is InChI=1S/C17H18O4/c1-3-21-17(19)15(16(18)20-2)11-12-8-9-13-6-4-5-7-14(13)10-12/h4-10,15H,3,11H2,1-2H3. The smallest absolute Gasteiger partial charge is 0.320 e. The summed E-state index contributed by atoms with van der Waals surface area (Å²) in [5.74, 6) is -2.03. The van der Waals surface area contributed by atoms with Crippen LogP contribution in [0.1, 0.15) is 12.5 Å². The van der Waals surface area contributed by atoms with Crippen LogP contribution in [-0.2, 0) is 25.5 Å². The highest BCUT2D eigenvalue weighted by atomic mass is 16.5. The Morgan fingerprint density at radius 2 is 1.76 bits per heavy atom. The van der Waals surface area contributed by atoms with Crippen molar-refractivity contribution in [2.45, 2.75) is 13.3 Å². The molecule has 0 spiro atoms. The molecule has 0 amide bonds. The molecule has 0 aromatic heterocycles. The topological polar surface area (TPSA) is 52.6 Å². The predicted molar refractivity (Wildman–Crippen MR) is 79.8 cm³/mol. The minimum atomic E-state index is -0.920. The average molecular weight is 286 g/mol. The average Bonchev–Trinajstić information content (AvgIpc) is 2.52. The largest absolute Gasteiger partial charge is 0.468 e. The third-order valence-electron chi connectivity index (χ3n) is 3.31. The van der Waals surface area contributed by atoms with E-state index < -0.39 is 17.9 Å². The Morgan fingerprint density at radius 1 is 1.05 bits per heavy atom. The van der Waals surface area contributed by atoms with Gasteiger partial charge in [-0.05, 0) is 29.7 Å². The van der Waals surface area contributed by atoms with E-state index in [2.05, 4.69) is 0 Å². The van der Waals surface area contributed by atoms with Gasteiger partial charge in [-0.2, -0.15) is 0 Å². The number of ether oxygens (including phenoxy) is 2. The first-order valence-electron chi connectivity index (χ1n) is 6.88. The SMILES string of the molecule is CCOC(=O)C(Cc1ccc2ccccc2c1)C(=O)OC. The van der Waals surface area contributed by atoms with Crippen LogP contribution in [0, 0.1) is 5.92 Å². The van der Waals surface area contributed by atoms with E-state index in [1.54, 1.807) is 6.92 Å². The molecule has 1 atom stereocenters. The van der Waals surface area contributed by atoms with Gasteiger partial charge in [-0.15, -0.1) is 0 Å². The van der Waals surface area contributed by atoms with Gasteiger partial charge in [-0.1, -0.05) is 42.5 Å². The molecule has 4 heteroatoms. The van der Waals surface area contributed by atoms with Crippen molar-refractivity contribution in [1.29, 1.82) is 0 Å². The first kappa shape index (κ1) is 15.0. The Bertz CT molecular complexity index is 648. The number of hydrogen-bond acceptors (Lipinski definition) is 4. The van der Waals surface area contributed by atoms with Gasteiger partial charge >= 0.3 is 11.9 Å². The molecule has 0 saturated heterocycles. The minimum Gasteiger partial charge on any atom is -0.468 e. The Kier molecular flexibility index (Phi) is 4.93. The van der Waals surface area contributed by atoms with Crippen LogP contribution in [-0.4, -0.2) is 25.7 Å². The molecule has 0 aliphatic rings. The second-order valence-electron chi connectivity index (χ2n) is 4.71. The third-order valence-corrected chi connectivity index (χ3v) is 3.31. The summed E-state index contributed by atoms with van der Waals surface area (Å²) >= 11 is 0. The highest BCUT2D eigenvalue weighted by Gasteiger charge is 2.29. The number of hydrogen-bond donors (Lipinski definition) is 0. The fraction of sp³-hybridized carbons (Fsp3) is 0.294. The van der Waals surface area contributed by atoms with E-state index in [1.807, 2.05) is 42.5 Å². The van der Waals surface area contributed by atoms with Crippen LogP contribution in [0.15, 0.2) is 42.5 Å². The van der Waals surface area contributed by atoms with Crippen LogP contribution in [0.3, 0.4) is 0 Å². The molecule has 110 valence electrons. The lowest BCUT2D eigenvalue weighted by Gasteiger charge is -2.13. The maximum atomic E-state index is 11.9. The van der Waals surface area contributed by atoms with Crippen molar-refractivity contribution in [2.75, 3.05) is 13.7 Å². The summed E-state index contributed by atoms with van der Waals surface area (Å²) < 4.78 is 9.65. The summed E-state index contributed by atoms with van der Waals surface area (Å²) in [5, 5.41) is 2.19. The molecule has 0 N–H and O–H groups in total. The van der Waals surface area contributed by atoms with Gasteiger partial charge in [0.1, 0.15) is 0 Å². The van der Waals surface area contributed by atoms with Crippen LogP contribution < -0.4 is 0 Å². The zero-order valence-electron chi connectivity index (χ0n) is 12.2. The maximum absolute atomic E-state index is 11.9. The van der Waals surface area contributed by atoms with Crippen molar-refractivity contribution in [3.63, 3.8) is 0 Å². The fourth-order valence-electron chi connectivity index (χ4n) is 2.25. The zero-order valence-corrected chi connectivity index (χ0v) is 12.2. The summed E-state index contributed by atoms with van der Waals surface area (Å²) in [6.45, 7) is 1.95. The van der Waals surface area contributed by atoms with Crippen molar-refractivity contribution in [3.05, 3.63) is 48.0 Å². The molecular formula is C17H18O4. The fourth-order valence-corrected chi connectivity index (χ4v) is 2.25.